The Morgan fingerprint density at radius 1 is 0.952 bits per heavy atom. The van der Waals surface area contributed by atoms with Gasteiger partial charge in [0.1, 0.15) is 0 Å². The van der Waals surface area contributed by atoms with Crippen LogP contribution < -0.4 is 5.32 Å². The highest BCUT2D eigenvalue weighted by Crippen LogP contribution is 2.38. The van der Waals surface area contributed by atoms with E-state index in [0.717, 1.165) is 19.6 Å². The van der Waals surface area contributed by atoms with Gasteiger partial charge in [0.05, 0.1) is 0 Å². The molecule has 1 saturated heterocycles. The molecule has 21 heavy (non-hydrogen) atoms. The Labute approximate surface area is 130 Å². The van der Waals surface area contributed by atoms with Crippen molar-refractivity contribution in [1.29, 1.82) is 0 Å². The normalized spacial score (nSPS) is 18.8. The van der Waals surface area contributed by atoms with E-state index < -0.39 is 0 Å². The van der Waals surface area contributed by atoms with Gasteiger partial charge in [0, 0.05) is 13.1 Å². The fourth-order valence-electron chi connectivity index (χ4n) is 3.43. The predicted molar refractivity (Wildman–Crippen MR) is 91.3 cm³/mol. The summed E-state index contributed by atoms with van der Waals surface area (Å²) in [5, 5.41) is 3.38. The molecule has 1 aromatic rings. The first kappa shape index (κ1) is 16.5. The molecule has 1 aromatic carbocycles. The summed E-state index contributed by atoms with van der Waals surface area (Å²) in [6, 6.07) is 9.14. The standard InChI is InChI=1S/C19H32N2/c1-4-19(5-2)11-13-21(14-12-19)16-18-9-7-17(8-10-18)15-20-6-3/h7-10,20H,4-6,11-16H2,1-3H3. The molecule has 2 nitrogen and oxygen atoms in total. The molecular weight excluding hydrogens is 256 g/mol. The van der Waals surface area contributed by atoms with Crippen molar-refractivity contribution in [3.05, 3.63) is 35.4 Å². The Morgan fingerprint density at radius 3 is 2.05 bits per heavy atom. The number of nitrogens with one attached hydrogen (secondary N) is 1. The van der Waals surface area contributed by atoms with E-state index in [9.17, 15) is 0 Å². The number of hydrogen-bond donors (Lipinski definition) is 1. The molecule has 0 amide bonds. The number of piperidine rings is 1. The van der Waals surface area contributed by atoms with Gasteiger partial charge in [-0.3, -0.25) is 4.90 Å². The summed E-state index contributed by atoms with van der Waals surface area (Å²) in [5.74, 6) is 0. The molecular formula is C19H32N2. The molecule has 1 N–H and O–H groups in total. The van der Waals surface area contributed by atoms with Crippen LogP contribution in [0.15, 0.2) is 24.3 Å². The topological polar surface area (TPSA) is 15.3 Å². The van der Waals surface area contributed by atoms with Crippen molar-refractivity contribution >= 4 is 0 Å². The molecule has 0 radical (unpaired) electrons. The number of rotatable bonds is 7. The van der Waals surface area contributed by atoms with Gasteiger partial charge in [-0.1, -0.05) is 57.9 Å². The van der Waals surface area contributed by atoms with Crippen molar-refractivity contribution in [3.63, 3.8) is 0 Å². The molecule has 1 fully saturated rings. The molecule has 1 aliphatic heterocycles. The van der Waals surface area contributed by atoms with Crippen LogP contribution in [0.4, 0.5) is 0 Å². The van der Waals surface area contributed by atoms with Crippen molar-refractivity contribution in [3.8, 4) is 0 Å². The third-order valence-electron chi connectivity index (χ3n) is 5.42. The van der Waals surface area contributed by atoms with Crippen LogP contribution in [0, 0.1) is 5.41 Å². The van der Waals surface area contributed by atoms with Gasteiger partial charge in [0.2, 0.25) is 0 Å². The van der Waals surface area contributed by atoms with Crippen LogP contribution >= 0.6 is 0 Å². The van der Waals surface area contributed by atoms with E-state index in [0.29, 0.717) is 5.41 Å². The Morgan fingerprint density at radius 2 is 1.52 bits per heavy atom. The lowest BCUT2D eigenvalue weighted by Crippen LogP contribution is -2.39. The number of nitrogens with zero attached hydrogens (tertiary/aromatic N) is 1. The minimum atomic E-state index is 0.631. The van der Waals surface area contributed by atoms with Gasteiger partial charge >= 0.3 is 0 Å². The van der Waals surface area contributed by atoms with Crippen LogP contribution in [-0.2, 0) is 13.1 Å². The molecule has 0 bridgehead atoms. The third kappa shape index (κ3) is 4.55. The largest absolute Gasteiger partial charge is 0.313 e. The lowest BCUT2D eigenvalue weighted by Gasteiger charge is -2.41. The molecule has 1 aliphatic rings. The fraction of sp³-hybridized carbons (Fsp3) is 0.684. The van der Waals surface area contributed by atoms with Crippen LogP contribution in [0.25, 0.3) is 0 Å². The molecule has 0 saturated carbocycles. The van der Waals surface area contributed by atoms with Crippen molar-refractivity contribution in [2.24, 2.45) is 5.41 Å². The zero-order valence-electron chi connectivity index (χ0n) is 14.1. The predicted octanol–water partition coefficient (Wildman–Crippen LogP) is 4.20. The van der Waals surface area contributed by atoms with E-state index >= 15 is 0 Å². The number of benzene rings is 1. The van der Waals surface area contributed by atoms with Crippen molar-refractivity contribution in [2.75, 3.05) is 19.6 Å². The Balaban J connectivity index is 1.83. The average Bonchev–Trinajstić information content (AvgIpc) is 2.55. The number of likely N-dealkylation sites (tertiary alicyclic amines) is 1. The fourth-order valence-corrected chi connectivity index (χ4v) is 3.43. The minimum Gasteiger partial charge on any atom is -0.313 e. The molecule has 0 aliphatic carbocycles. The van der Waals surface area contributed by atoms with Gasteiger partial charge < -0.3 is 5.32 Å². The van der Waals surface area contributed by atoms with Gasteiger partial charge in [-0.15, -0.1) is 0 Å². The van der Waals surface area contributed by atoms with Crippen molar-refractivity contribution in [2.45, 2.75) is 59.5 Å². The maximum Gasteiger partial charge on any atom is 0.0233 e. The van der Waals surface area contributed by atoms with Crippen LogP contribution in [0.3, 0.4) is 0 Å². The SMILES string of the molecule is CCNCc1ccc(CN2CCC(CC)(CC)CC2)cc1. The summed E-state index contributed by atoms with van der Waals surface area (Å²) >= 11 is 0. The first-order valence-corrected chi connectivity index (χ1v) is 8.72. The van der Waals surface area contributed by atoms with E-state index in [-0.39, 0.29) is 0 Å². The van der Waals surface area contributed by atoms with Crippen LogP contribution in [0.2, 0.25) is 0 Å². The van der Waals surface area contributed by atoms with Crippen molar-refractivity contribution in [1.82, 2.24) is 10.2 Å². The Kier molecular flexibility index (Phi) is 6.25. The van der Waals surface area contributed by atoms with Gasteiger partial charge in [-0.2, -0.15) is 0 Å². The second-order valence-corrected chi connectivity index (χ2v) is 6.58. The first-order chi connectivity index (χ1) is 10.2. The Hall–Kier alpha value is -0.860. The van der Waals surface area contributed by atoms with Gasteiger partial charge in [0.25, 0.3) is 0 Å². The molecule has 0 atom stereocenters. The second kappa shape index (κ2) is 7.95. The van der Waals surface area contributed by atoms with Crippen LogP contribution in [0.5, 0.6) is 0 Å². The molecule has 2 heteroatoms. The molecule has 118 valence electrons. The van der Waals surface area contributed by atoms with Crippen LogP contribution in [-0.4, -0.2) is 24.5 Å². The van der Waals surface area contributed by atoms with E-state index in [4.69, 9.17) is 0 Å². The van der Waals surface area contributed by atoms with Crippen molar-refractivity contribution < 1.29 is 0 Å². The Bertz CT molecular complexity index is 396. The average molecular weight is 288 g/mol. The summed E-state index contributed by atoms with van der Waals surface area (Å²) in [7, 11) is 0. The monoisotopic (exact) mass is 288 g/mol. The number of hydrogen-bond acceptors (Lipinski definition) is 2. The zero-order chi connectivity index (χ0) is 15.1. The molecule has 0 aromatic heterocycles. The van der Waals surface area contributed by atoms with Gasteiger partial charge in [0.15, 0.2) is 0 Å². The first-order valence-electron chi connectivity index (χ1n) is 8.72. The summed E-state index contributed by atoms with van der Waals surface area (Å²) in [6.45, 7) is 12.5. The summed E-state index contributed by atoms with van der Waals surface area (Å²) in [6.07, 6.45) is 5.43. The quantitative estimate of drug-likeness (QED) is 0.809. The highest BCUT2D eigenvalue weighted by molar-refractivity contribution is 5.22. The molecule has 0 spiro atoms. The van der Waals surface area contributed by atoms with Crippen LogP contribution in [0.1, 0.15) is 57.6 Å². The maximum atomic E-state index is 3.38. The van der Waals surface area contributed by atoms with E-state index in [1.807, 2.05) is 0 Å². The molecule has 1 heterocycles. The lowest BCUT2D eigenvalue weighted by atomic mass is 9.74. The minimum absolute atomic E-state index is 0.631. The summed E-state index contributed by atoms with van der Waals surface area (Å²) < 4.78 is 0. The summed E-state index contributed by atoms with van der Waals surface area (Å²) in [5.41, 5.74) is 3.47. The van der Waals surface area contributed by atoms with Gasteiger partial charge in [-0.05, 0) is 49.0 Å². The second-order valence-electron chi connectivity index (χ2n) is 6.58. The van der Waals surface area contributed by atoms with E-state index in [1.54, 1.807) is 0 Å². The lowest BCUT2D eigenvalue weighted by molar-refractivity contribution is 0.0909. The zero-order valence-corrected chi connectivity index (χ0v) is 14.1. The van der Waals surface area contributed by atoms with E-state index in [2.05, 4.69) is 55.3 Å². The van der Waals surface area contributed by atoms with Gasteiger partial charge in [-0.25, -0.2) is 0 Å². The highest BCUT2D eigenvalue weighted by Gasteiger charge is 2.30. The maximum absolute atomic E-state index is 3.38. The summed E-state index contributed by atoms with van der Waals surface area (Å²) in [4.78, 5) is 2.63. The highest BCUT2D eigenvalue weighted by atomic mass is 15.1. The third-order valence-corrected chi connectivity index (χ3v) is 5.42. The van der Waals surface area contributed by atoms with E-state index in [1.165, 1.54) is 49.9 Å². The molecule has 2 rings (SSSR count). The molecule has 0 unspecified atom stereocenters. The smallest absolute Gasteiger partial charge is 0.0233 e.